The molecule has 37 heavy (non-hydrogen) atoms. The molecule has 4 rings (SSSR count). The first-order valence-electron chi connectivity index (χ1n) is 11.3. The number of benzene rings is 1. The van der Waals surface area contributed by atoms with Crippen LogP contribution in [0, 0.1) is 25.2 Å². The number of carbonyl (C=O) groups is 1. The summed E-state index contributed by atoms with van der Waals surface area (Å²) in [5.74, 6) is 6.41. The van der Waals surface area contributed by atoms with Crippen LogP contribution >= 0.6 is 11.6 Å². The monoisotopic (exact) mass is 512 g/mol. The fourth-order valence-corrected chi connectivity index (χ4v) is 4.32. The number of nitrogens with one attached hydrogen (secondary N) is 1. The Kier molecular flexibility index (Phi) is 7.34. The number of nitrogens with two attached hydrogens (primary N) is 2. The first kappa shape index (κ1) is 25.6. The summed E-state index contributed by atoms with van der Waals surface area (Å²) < 4.78 is 0. The summed E-state index contributed by atoms with van der Waals surface area (Å²) in [6.45, 7) is 8.20. The zero-order valence-electron chi connectivity index (χ0n) is 20.4. The minimum absolute atomic E-state index is 0.0455. The van der Waals surface area contributed by atoms with Gasteiger partial charge in [-0.15, -0.1) is 0 Å². The third-order valence-electron chi connectivity index (χ3n) is 5.99. The summed E-state index contributed by atoms with van der Waals surface area (Å²) in [6.07, 6.45) is 3.06. The number of hydrogen-bond acceptors (Lipinski definition) is 8. The Bertz CT molecular complexity index is 1550. The molecule has 10 heteroatoms. The Morgan fingerprint density at radius 1 is 1.22 bits per heavy atom. The largest absolute Gasteiger partial charge is 0.384 e. The predicted octanol–water partition coefficient (Wildman–Crippen LogP) is 3.96. The Morgan fingerprint density at radius 2 is 2.00 bits per heavy atom. The molecule has 0 aliphatic carbocycles. The lowest BCUT2D eigenvalue weighted by Crippen LogP contribution is -2.32. The van der Waals surface area contributed by atoms with Crippen molar-refractivity contribution < 1.29 is 4.79 Å². The number of nitrogens with zero attached hydrogens (tertiary/aromatic N) is 5. The van der Waals surface area contributed by atoms with E-state index in [0.717, 1.165) is 33.3 Å². The van der Waals surface area contributed by atoms with E-state index in [1.807, 2.05) is 44.2 Å². The first-order valence-corrected chi connectivity index (χ1v) is 11.7. The zero-order chi connectivity index (χ0) is 26.7. The second-order valence-electron chi connectivity index (χ2n) is 8.56. The van der Waals surface area contributed by atoms with Crippen LogP contribution in [-0.4, -0.2) is 20.9 Å². The van der Waals surface area contributed by atoms with Gasteiger partial charge in [-0.25, -0.2) is 15.8 Å². The molecule has 5 N–H and O–H groups in total. The van der Waals surface area contributed by atoms with E-state index in [-0.39, 0.29) is 29.9 Å². The van der Waals surface area contributed by atoms with Crippen molar-refractivity contribution in [2.24, 2.45) is 5.84 Å². The minimum Gasteiger partial charge on any atom is -0.384 e. The lowest BCUT2D eigenvalue weighted by Gasteiger charge is -2.23. The molecule has 3 aromatic heterocycles. The number of hydrogen-bond donors (Lipinski definition) is 3. The van der Waals surface area contributed by atoms with Gasteiger partial charge in [-0.1, -0.05) is 24.2 Å². The van der Waals surface area contributed by atoms with Crippen LogP contribution in [0.15, 0.2) is 55.4 Å². The van der Waals surface area contributed by atoms with Gasteiger partial charge in [0.05, 0.1) is 22.8 Å². The maximum Gasteiger partial charge on any atom is 0.251 e. The molecule has 0 atom stereocenters. The standard InChI is InChI=1S/C27H25ClN8O/c1-15-8-25(30)35-17(3)21(15)13-34-27(37)16(2)26-23(11-29)32-7-6-24(26)36(31)14-18-4-5-22-19(9-18)10-20(28)12-33-22/h4-10,12H,2,13-14,31H2,1,3H3,(H2,30,35)(H,34,37). The first-order chi connectivity index (χ1) is 17.7. The van der Waals surface area contributed by atoms with Gasteiger partial charge in [-0.2, -0.15) is 5.26 Å². The summed E-state index contributed by atoms with van der Waals surface area (Å²) in [7, 11) is 0. The van der Waals surface area contributed by atoms with Crippen LogP contribution in [0.2, 0.25) is 5.02 Å². The van der Waals surface area contributed by atoms with Gasteiger partial charge >= 0.3 is 0 Å². The highest BCUT2D eigenvalue weighted by Crippen LogP contribution is 2.29. The van der Waals surface area contributed by atoms with Crippen molar-refractivity contribution in [3.63, 3.8) is 0 Å². The molecule has 3 heterocycles. The van der Waals surface area contributed by atoms with Crippen molar-refractivity contribution in [2.75, 3.05) is 10.7 Å². The average molecular weight is 513 g/mol. The van der Waals surface area contributed by atoms with Crippen molar-refractivity contribution >= 4 is 45.5 Å². The lowest BCUT2D eigenvalue weighted by atomic mass is 10.0. The number of fused-ring (bicyclic) bond motifs is 1. The molecule has 0 bridgehead atoms. The number of anilines is 2. The number of hydrazine groups is 1. The van der Waals surface area contributed by atoms with Crippen LogP contribution < -0.4 is 21.9 Å². The van der Waals surface area contributed by atoms with E-state index < -0.39 is 5.91 Å². The smallest absolute Gasteiger partial charge is 0.251 e. The summed E-state index contributed by atoms with van der Waals surface area (Å²) in [4.78, 5) is 25.8. The minimum atomic E-state index is -0.457. The van der Waals surface area contributed by atoms with Gasteiger partial charge in [-0.3, -0.25) is 9.78 Å². The molecule has 186 valence electrons. The number of amides is 1. The quantitative estimate of drug-likeness (QED) is 0.191. The van der Waals surface area contributed by atoms with Crippen LogP contribution in [0.3, 0.4) is 0 Å². The van der Waals surface area contributed by atoms with E-state index in [1.165, 1.54) is 11.2 Å². The SMILES string of the molecule is C=C(C(=O)NCc1c(C)cc(N)nc1C)c1c(N(N)Cc2ccc3ncc(Cl)cc3c2)ccnc1C#N. The number of rotatable bonds is 7. The van der Waals surface area contributed by atoms with Crippen molar-refractivity contribution in [3.05, 3.63) is 94.0 Å². The van der Waals surface area contributed by atoms with Crippen LogP contribution in [-0.2, 0) is 17.9 Å². The molecule has 0 aliphatic heterocycles. The molecule has 0 spiro atoms. The Labute approximate surface area is 219 Å². The van der Waals surface area contributed by atoms with Gasteiger partial charge < -0.3 is 16.1 Å². The van der Waals surface area contributed by atoms with Gasteiger partial charge in [0.25, 0.3) is 5.91 Å². The van der Waals surface area contributed by atoms with Crippen LogP contribution in [0.1, 0.15) is 33.6 Å². The molecule has 4 aromatic rings. The van der Waals surface area contributed by atoms with E-state index in [2.05, 4.69) is 26.8 Å². The highest BCUT2D eigenvalue weighted by Gasteiger charge is 2.22. The topological polar surface area (TPSA) is 147 Å². The Hall–Kier alpha value is -4.52. The molecule has 0 radical (unpaired) electrons. The van der Waals surface area contributed by atoms with Gasteiger partial charge in [0, 0.05) is 41.2 Å². The number of aryl methyl sites for hydroxylation is 2. The van der Waals surface area contributed by atoms with E-state index in [0.29, 0.717) is 16.5 Å². The fourth-order valence-electron chi connectivity index (χ4n) is 4.15. The second-order valence-corrected chi connectivity index (χ2v) is 9.00. The maximum atomic E-state index is 13.1. The molecule has 0 unspecified atom stereocenters. The molecule has 0 saturated heterocycles. The Balaban J connectivity index is 1.59. The van der Waals surface area contributed by atoms with E-state index in [9.17, 15) is 10.1 Å². The number of carbonyl (C=O) groups excluding carboxylic acids is 1. The number of pyridine rings is 3. The fraction of sp³-hybridized carbons (Fsp3) is 0.148. The van der Waals surface area contributed by atoms with Crippen molar-refractivity contribution in [1.82, 2.24) is 20.3 Å². The average Bonchev–Trinajstić information content (AvgIpc) is 2.86. The molecule has 0 fully saturated rings. The van der Waals surface area contributed by atoms with Crippen LogP contribution in [0.5, 0.6) is 0 Å². The van der Waals surface area contributed by atoms with Gasteiger partial charge in [0.2, 0.25) is 0 Å². The molecule has 0 saturated carbocycles. The predicted molar refractivity (Wildman–Crippen MR) is 145 cm³/mol. The number of nitrogen functional groups attached to an aromatic ring is 1. The third-order valence-corrected chi connectivity index (χ3v) is 6.19. The van der Waals surface area contributed by atoms with Gasteiger partial charge in [-0.05, 0) is 60.9 Å². The molecular formula is C27H25ClN8O. The number of aromatic nitrogens is 3. The number of halogens is 1. The van der Waals surface area contributed by atoms with Crippen molar-refractivity contribution in [2.45, 2.75) is 26.9 Å². The highest BCUT2D eigenvalue weighted by molar-refractivity contribution is 6.31. The van der Waals surface area contributed by atoms with E-state index >= 15 is 0 Å². The normalized spacial score (nSPS) is 10.7. The number of nitriles is 1. The summed E-state index contributed by atoms with van der Waals surface area (Å²) in [5, 5.41) is 15.4. The van der Waals surface area contributed by atoms with E-state index in [4.69, 9.17) is 23.2 Å². The van der Waals surface area contributed by atoms with Crippen LogP contribution in [0.4, 0.5) is 11.5 Å². The molecule has 1 aromatic carbocycles. The molecule has 0 aliphatic rings. The summed E-state index contributed by atoms with van der Waals surface area (Å²) in [6, 6.07) is 13.0. The van der Waals surface area contributed by atoms with Gasteiger partial charge in [0.15, 0.2) is 5.69 Å². The second kappa shape index (κ2) is 10.6. The van der Waals surface area contributed by atoms with Crippen LogP contribution in [0.25, 0.3) is 16.5 Å². The molecule has 9 nitrogen and oxygen atoms in total. The van der Waals surface area contributed by atoms with Crippen molar-refractivity contribution in [3.8, 4) is 6.07 Å². The maximum absolute atomic E-state index is 13.1. The summed E-state index contributed by atoms with van der Waals surface area (Å²) in [5.41, 5.74) is 10.8. The highest BCUT2D eigenvalue weighted by atomic mass is 35.5. The Morgan fingerprint density at radius 3 is 2.73 bits per heavy atom. The molecular weight excluding hydrogens is 488 g/mol. The lowest BCUT2D eigenvalue weighted by molar-refractivity contribution is -0.115. The third kappa shape index (κ3) is 5.51. The van der Waals surface area contributed by atoms with Gasteiger partial charge in [0.1, 0.15) is 11.9 Å². The zero-order valence-corrected chi connectivity index (χ0v) is 21.2. The van der Waals surface area contributed by atoms with Crippen molar-refractivity contribution in [1.29, 1.82) is 5.26 Å². The van der Waals surface area contributed by atoms with E-state index in [1.54, 1.807) is 18.3 Å². The molecule has 1 amide bonds. The summed E-state index contributed by atoms with van der Waals surface area (Å²) >= 11 is 6.09.